The molecule has 168 valence electrons. The molecule has 1 aromatic heterocycles. The highest BCUT2D eigenvalue weighted by Gasteiger charge is 2.34. The first-order valence-corrected chi connectivity index (χ1v) is 11.2. The smallest absolute Gasteiger partial charge is 0.223 e. The summed E-state index contributed by atoms with van der Waals surface area (Å²) in [6.07, 6.45) is 0.420. The van der Waals surface area contributed by atoms with Crippen molar-refractivity contribution in [1.82, 2.24) is 14.5 Å². The minimum atomic E-state index is -0.272. The third-order valence-corrected chi connectivity index (χ3v) is 6.22. The summed E-state index contributed by atoms with van der Waals surface area (Å²) in [6, 6.07) is 22.4. The van der Waals surface area contributed by atoms with Crippen LogP contribution >= 0.6 is 0 Å². The van der Waals surface area contributed by atoms with Gasteiger partial charge in [0.25, 0.3) is 0 Å². The van der Waals surface area contributed by atoms with E-state index in [1.54, 1.807) is 12.1 Å². The van der Waals surface area contributed by atoms with E-state index in [0.29, 0.717) is 32.7 Å². The molecule has 0 radical (unpaired) electrons. The topological polar surface area (TPSA) is 47.4 Å². The van der Waals surface area contributed by atoms with Crippen LogP contribution in [0.3, 0.4) is 0 Å². The molecular weight excluding hydrogens is 417 g/mol. The van der Waals surface area contributed by atoms with E-state index in [-0.39, 0.29) is 17.6 Å². The second kappa shape index (κ2) is 9.06. The van der Waals surface area contributed by atoms with Crippen LogP contribution in [-0.2, 0) is 17.9 Å². The number of benzene rings is 3. The molecule has 1 amide bonds. The molecule has 0 saturated carbocycles. The van der Waals surface area contributed by atoms with Gasteiger partial charge in [0, 0.05) is 25.4 Å². The van der Waals surface area contributed by atoms with Crippen molar-refractivity contribution in [2.75, 3.05) is 13.2 Å². The molecule has 1 aliphatic heterocycles. The first-order chi connectivity index (χ1) is 16.1. The van der Waals surface area contributed by atoms with Gasteiger partial charge in [-0.1, -0.05) is 42.5 Å². The van der Waals surface area contributed by atoms with Crippen LogP contribution < -0.4 is 4.74 Å². The van der Waals surface area contributed by atoms with E-state index in [9.17, 15) is 9.18 Å². The van der Waals surface area contributed by atoms with E-state index in [1.807, 2.05) is 54.3 Å². The minimum Gasteiger partial charge on any atom is -0.491 e. The van der Waals surface area contributed by atoms with Crippen molar-refractivity contribution in [1.29, 1.82) is 0 Å². The molecule has 4 aromatic rings. The molecule has 5 rings (SSSR count). The zero-order chi connectivity index (χ0) is 22.8. The number of likely N-dealkylation sites (tertiary alicyclic amines) is 1. The molecule has 0 unspecified atom stereocenters. The van der Waals surface area contributed by atoms with Crippen molar-refractivity contribution in [3.05, 3.63) is 95.6 Å². The Labute approximate surface area is 192 Å². The summed E-state index contributed by atoms with van der Waals surface area (Å²) >= 11 is 0. The number of aryl methyl sites for hydroxylation is 1. The fourth-order valence-electron chi connectivity index (χ4n) is 4.51. The molecule has 0 N–H and O–H groups in total. The fourth-order valence-corrected chi connectivity index (χ4v) is 4.51. The number of aromatic nitrogens is 2. The Morgan fingerprint density at radius 2 is 1.79 bits per heavy atom. The molecule has 33 heavy (non-hydrogen) atoms. The number of para-hydroxylation sites is 3. The molecule has 0 aliphatic carbocycles. The summed E-state index contributed by atoms with van der Waals surface area (Å²) < 4.78 is 21.5. The van der Waals surface area contributed by atoms with Gasteiger partial charge in [-0.2, -0.15) is 0 Å². The Balaban J connectivity index is 1.36. The number of hydrogen-bond acceptors (Lipinski definition) is 3. The Hall–Kier alpha value is -3.67. The fraction of sp³-hybridized carbons (Fsp3) is 0.259. The second-order valence-electron chi connectivity index (χ2n) is 8.53. The Morgan fingerprint density at radius 3 is 2.61 bits per heavy atom. The molecule has 2 heterocycles. The van der Waals surface area contributed by atoms with Crippen LogP contribution in [0.4, 0.5) is 4.39 Å². The quantitative estimate of drug-likeness (QED) is 0.400. The molecule has 1 aliphatic rings. The Bertz CT molecular complexity index is 1280. The second-order valence-corrected chi connectivity index (χ2v) is 8.53. The molecule has 1 fully saturated rings. The molecular formula is C27H26FN3O2. The average Bonchev–Trinajstić information content (AvgIpc) is 3.37. The van der Waals surface area contributed by atoms with E-state index in [0.717, 1.165) is 33.7 Å². The zero-order valence-electron chi connectivity index (χ0n) is 18.6. The van der Waals surface area contributed by atoms with Crippen molar-refractivity contribution in [2.24, 2.45) is 0 Å². The molecule has 5 nitrogen and oxygen atoms in total. The molecule has 6 heteroatoms. The normalized spacial score (nSPS) is 16.0. The highest BCUT2D eigenvalue weighted by atomic mass is 19.1. The van der Waals surface area contributed by atoms with Crippen molar-refractivity contribution in [3.8, 4) is 5.75 Å². The average molecular weight is 444 g/mol. The van der Waals surface area contributed by atoms with E-state index in [4.69, 9.17) is 9.72 Å². The molecule has 1 saturated heterocycles. The lowest BCUT2D eigenvalue weighted by Gasteiger charge is -2.18. The van der Waals surface area contributed by atoms with Crippen LogP contribution in [0.1, 0.15) is 29.3 Å². The van der Waals surface area contributed by atoms with E-state index >= 15 is 0 Å². The van der Waals surface area contributed by atoms with Gasteiger partial charge in [0.2, 0.25) is 5.91 Å². The number of amides is 1. The lowest BCUT2D eigenvalue weighted by atomic mass is 10.1. The molecule has 0 spiro atoms. The SMILES string of the molecule is Cc1ccccc1OCCn1c([C@H]2CC(=O)N(Cc3ccc(F)cc3)C2)nc2ccccc21. The number of ether oxygens (including phenoxy) is 1. The Kier molecular flexibility index (Phi) is 5.82. The third kappa shape index (κ3) is 4.46. The van der Waals surface area contributed by atoms with Gasteiger partial charge in [0.1, 0.15) is 24.0 Å². The zero-order valence-corrected chi connectivity index (χ0v) is 18.6. The standard InChI is InChI=1S/C27H26FN3O2/c1-19-6-2-5-9-25(19)33-15-14-31-24-8-4-3-7-23(24)29-27(31)21-16-26(32)30(18-21)17-20-10-12-22(28)13-11-20/h2-13,21H,14-18H2,1H3/t21-/m0/s1. The maximum absolute atomic E-state index is 13.2. The number of imidazole rings is 1. The van der Waals surface area contributed by atoms with Gasteiger partial charge in [-0.05, 0) is 48.4 Å². The Morgan fingerprint density at radius 1 is 1.03 bits per heavy atom. The molecule has 3 aromatic carbocycles. The summed E-state index contributed by atoms with van der Waals surface area (Å²) in [5.74, 6) is 1.62. The number of rotatable bonds is 7. The van der Waals surface area contributed by atoms with Crippen molar-refractivity contribution < 1.29 is 13.9 Å². The van der Waals surface area contributed by atoms with E-state index < -0.39 is 0 Å². The van der Waals surface area contributed by atoms with Crippen molar-refractivity contribution in [2.45, 2.75) is 32.4 Å². The molecule has 1 atom stereocenters. The van der Waals surface area contributed by atoms with E-state index in [2.05, 4.69) is 10.6 Å². The van der Waals surface area contributed by atoms with Crippen molar-refractivity contribution >= 4 is 16.9 Å². The van der Waals surface area contributed by atoms with Gasteiger partial charge in [-0.25, -0.2) is 9.37 Å². The lowest BCUT2D eigenvalue weighted by molar-refractivity contribution is -0.128. The highest BCUT2D eigenvalue weighted by Crippen LogP contribution is 2.31. The number of fused-ring (bicyclic) bond motifs is 1. The molecule has 0 bridgehead atoms. The highest BCUT2D eigenvalue weighted by molar-refractivity contribution is 5.81. The van der Waals surface area contributed by atoms with E-state index in [1.165, 1.54) is 12.1 Å². The van der Waals surface area contributed by atoms with Gasteiger partial charge >= 0.3 is 0 Å². The summed E-state index contributed by atoms with van der Waals surface area (Å²) in [7, 11) is 0. The third-order valence-electron chi connectivity index (χ3n) is 6.22. The van der Waals surface area contributed by atoms with Crippen LogP contribution in [0.5, 0.6) is 5.75 Å². The van der Waals surface area contributed by atoms with Gasteiger partial charge in [-0.15, -0.1) is 0 Å². The largest absolute Gasteiger partial charge is 0.491 e. The first-order valence-electron chi connectivity index (χ1n) is 11.2. The van der Waals surface area contributed by atoms with Gasteiger partial charge in [-0.3, -0.25) is 4.79 Å². The first kappa shape index (κ1) is 21.2. The monoisotopic (exact) mass is 443 g/mol. The van der Waals surface area contributed by atoms with Crippen LogP contribution in [-0.4, -0.2) is 33.5 Å². The lowest BCUT2D eigenvalue weighted by Crippen LogP contribution is -2.24. The van der Waals surface area contributed by atoms with Crippen LogP contribution in [0.2, 0.25) is 0 Å². The number of hydrogen-bond donors (Lipinski definition) is 0. The van der Waals surface area contributed by atoms with Gasteiger partial charge in [0.05, 0.1) is 17.6 Å². The summed E-state index contributed by atoms with van der Waals surface area (Å²) in [4.78, 5) is 19.5. The summed E-state index contributed by atoms with van der Waals surface area (Å²) in [5, 5.41) is 0. The summed E-state index contributed by atoms with van der Waals surface area (Å²) in [6.45, 7) is 4.27. The van der Waals surface area contributed by atoms with Gasteiger partial charge in [0.15, 0.2) is 0 Å². The van der Waals surface area contributed by atoms with Gasteiger partial charge < -0.3 is 14.2 Å². The minimum absolute atomic E-state index is 0.00353. The maximum atomic E-state index is 13.2. The predicted octanol–water partition coefficient (Wildman–Crippen LogP) is 5.08. The summed E-state index contributed by atoms with van der Waals surface area (Å²) in [5.41, 5.74) is 4.00. The van der Waals surface area contributed by atoms with Crippen molar-refractivity contribution in [3.63, 3.8) is 0 Å². The number of halogens is 1. The number of carbonyl (C=O) groups excluding carboxylic acids is 1. The number of carbonyl (C=O) groups is 1. The van der Waals surface area contributed by atoms with Crippen LogP contribution in [0.25, 0.3) is 11.0 Å². The number of nitrogens with zero attached hydrogens (tertiary/aromatic N) is 3. The maximum Gasteiger partial charge on any atom is 0.223 e. The van der Waals surface area contributed by atoms with Crippen LogP contribution in [0.15, 0.2) is 72.8 Å². The predicted molar refractivity (Wildman–Crippen MR) is 126 cm³/mol. The van der Waals surface area contributed by atoms with Crippen LogP contribution in [0, 0.1) is 12.7 Å².